The van der Waals surface area contributed by atoms with Gasteiger partial charge in [0.05, 0.1) is 0 Å². The van der Waals surface area contributed by atoms with Crippen LogP contribution in [0.1, 0.15) is 11.7 Å². The summed E-state index contributed by atoms with van der Waals surface area (Å²) in [6.45, 7) is -0.335. The van der Waals surface area contributed by atoms with Crippen molar-refractivity contribution in [3.8, 4) is 11.5 Å². The van der Waals surface area contributed by atoms with Gasteiger partial charge in [0.1, 0.15) is 0 Å². The number of pyridine rings is 2. The number of thioether (sulfide) groups is 1. The van der Waals surface area contributed by atoms with E-state index in [4.69, 9.17) is 14.9 Å². The molecule has 4 aromatic rings. The molecule has 30 heavy (non-hydrogen) atoms. The van der Waals surface area contributed by atoms with E-state index in [2.05, 4.69) is 25.2 Å². The van der Waals surface area contributed by atoms with E-state index in [-0.39, 0.29) is 13.2 Å². The molecule has 4 heterocycles. The zero-order valence-corrected chi connectivity index (χ0v) is 17.2. The Kier molecular flexibility index (Phi) is 6.54. The second-order valence-corrected chi connectivity index (χ2v) is 8.08. The second kappa shape index (κ2) is 9.49. The minimum absolute atomic E-state index is 0.0522. The van der Waals surface area contributed by atoms with Gasteiger partial charge in [-0.3, -0.25) is 0 Å². The molecule has 0 bridgehead atoms. The number of hydrogen-bond donors (Lipinski definition) is 4. The first-order valence-electron chi connectivity index (χ1n) is 8.88. The van der Waals surface area contributed by atoms with Gasteiger partial charge >= 0.3 is 179 Å². The molecule has 0 aliphatic rings. The van der Waals surface area contributed by atoms with Crippen molar-refractivity contribution < 1.29 is 20.1 Å². The van der Waals surface area contributed by atoms with Gasteiger partial charge in [-0.1, -0.05) is 0 Å². The van der Waals surface area contributed by atoms with Gasteiger partial charge in [0, 0.05) is 0 Å². The summed E-state index contributed by atoms with van der Waals surface area (Å²) >= 11 is 2.72. The summed E-state index contributed by atoms with van der Waals surface area (Å²) in [5, 5.41) is 35.8. The average Bonchev–Trinajstić information content (AvgIpc) is 3.42. The molecule has 0 amide bonds. The van der Waals surface area contributed by atoms with Crippen molar-refractivity contribution in [2.24, 2.45) is 4.99 Å². The van der Waals surface area contributed by atoms with Crippen molar-refractivity contribution in [1.82, 2.24) is 24.6 Å². The molecule has 0 aromatic carbocycles. The molecule has 4 N–H and O–H groups in total. The Morgan fingerprint density at radius 1 is 1.37 bits per heavy atom. The number of aliphatic hydroxyl groups excluding tert-OH is 3. The summed E-state index contributed by atoms with van der Waals surface area (Å²) in [5.41, 5.74) is 1.11. The van der Waals surface area contributed by atoms with Crippen LogP contribution in [-0.2, 0) is 0 Å². The molecule has 0 radical (unpaired) electrons. The molecular weight excluding hydrogens is 427 g/mol. The molecule has 13 heteroatoms. The first-order chi connectivity index (χ1) is 14.7. The number of fused-ring (bicyclic) bond motifs is 1. The van der Waals surface area contributed by atoms with E-state index in [1.807, 2.05) is 0 Å². The molecule has 4 aromatic heterocycles. The van der Waals surface area contributed by atoms with Crippen LogP contribution in [0.3, 0.4) is 0 Å². The van der Waals surface area contributed by atoms with Gasteiger partial charge in [-0.15, -0.1) is 0 Å². The Balaban J connectivity index is 1.70. The molecule has 0 saturated carbocycles. The Bertz CT molecular complexity index is 1210. The molecule has 0 aliphatic heterocycles. The fourth-order valence-electron chi connectivity index (χ4n) is 2.52. The third kappa shape index (κ3) is 4.76. The van der Waals surface area contributed by atoms with Crippen LogP contribution in [0.4, 0.5) is 5.82 Å². The van der Waals surface area contributed by atoms with Crippen LogP contribution in [0.5, 0.6) is 11.5 Å². The fourth-order valence-corrected chi connectivity index (χ4v) is 3.94. The standard InChI is InChI=1S/C17H17BN6O4S2/c25-3-4-29-11-6-13(28-10-1-2-24-9-20-23-14(24)5-10)16(19-7-11)22-17-21-15(18-30-17)12(27)8-26/h1-2,5-7,9,12,25-27H,3-4,8H2,(H,19,21,22). The molecule has 4 rings (SSSR count). The van der Waals surface area contributed by atoms with Crippen molar-refractivity contribution in [1.29, 1.82) is 0 Å². The normalized spacial score (nSPS) is 13.0. The number of nitrogens with zero attached hydrogens (tertiary/aromatic N) is 5. The van der Waals surface area contributed by atoms with Gasteiger partial charge < -0.3 is 0 Å². The third-order valence-electron chi connectivity index (χ3n) is 3.96. The number of rotatable bonds is 8. The van der Waals surface area contributed by atoms with E-state index in [1.165, 1.54) is 22.9 Å². The van der Waals surface area contributed by atoms with Crippen LogP contribution in [0.15, 0.2) is 46.8 Å². The summed E-state index contributed by atoms with van der Waals surface area (Å²) in [4.78, 5) is 13.2. The number of aromatic nitrogens is 5. The first kappa shape index (κ1) is 20.7. The molecule has 1 atom stereocenters. The number of aliphatic hydroxyl groups is 3. The number of hydrogen-bond acceptors (Lipinski definition) is 10. The predicted octanol–water partition coefficient (Wildman–Crippen LogP) is 0.987. The zero-order valence-electron chi connectivity index (χ0n) is 15.5. The Hall–Kier alpha value is -2.58. The Morgan fingerprint density at radius 3 is 3.10 bits per heavy atom. The average molecular weight is 444 g/mol. The van der Waals surface area contributed by atoms with Crippen molar-refractivity contribution >= 4 is 40.6 Å². The number of ether oxygens (including phenoxy) is 1. The van der Waals surface area contributed by atoms with Crippen LogP contribution < -0.4 is 9.54 Å². The third-order valence-corrected chi connectivity index (χ3v) is 5.69. The summed E-state index contributed by atoms with van der Waals surface area (Å²) in [7, 11) is 0. The minimum atomic E-state index is -0.999. The molecule has 1 unspecified atom stereocenters. The van der Waals surface area contributed by atoms with E-state index in [0.717, 1.165) is 4.90 Å². The Morgan fingerprint density at radius 2 is 2.27 bits per heavy atom. The van der Waals surface area contributed by atoms with Crippen molar-refractivity contribution in [2.75, 3.05) is 19.0 Å². The van der Waals surface area contributed by atoms with E-state index in [1.54, 1.807) is 47.5 Å². The van der Waals surface area contributed by atoms with Crippen LogP contribution in [-0.4, -0.2) is 65.0 Å². The van der Waals surface area contributed by atoms with Crippen LogP contribution >= 0.6 is 22.9 Å². The van der Waals surface area contributed by atoms with Gasteiger partial charge in [-0.2, -0.15) is 0 Å². The van der Waals surface area contributed by atoms with Gasteiger partial charge in [0.2, 0.25) is 0 Å². The zero-order chi connectivity index (χ0) is 20.9. The predicted molar refractivity (Wildman–Crippen MR) is 112 cm³/mol. The summed E-state index contributed by atoms with van der Waals surface area (Å²) in [6.07, 6.45) is 5.73. The monoisotopic (exact) mass is 444 g/mol. The SMILES string of the molecule is OCCSc1cnc(/N=c2/[nH]c(C(O)CO)bs2)c(Oc2ccn3cnnc3c2)c1. The molecule has 0 spiro atoms. The van der Waals surface area contributed by atoms with Gasteiger partial charge in [-0.05, 0) is 0 Å². The van der Waals surface area contributed by atoms with Crippen LogP contribution in [0.2, 0.25) is 0 Å². The summed E-state index contributed by atoms with van der Waals surface area (Å²) < 4.78 is 7.81. The van der Waals surface area contributed by atoms with Crippen LogP contribution in [0, 0.1) is 0 Å². The molecule has 0 saturated heterocycles. The number of H-pyrrole nitrogens is 1. The topological polar surface area (TPSA) is 141 Å². The first-order valence-corrected chi connectivity index (χ1v) is 10.7. The fraction of sp³-hybridized carbons (Fsp3) is 0.235. The number of nitrogens with one attached hydrogen (secondary N) is 1. The van der Waals surface area contributed by atoms with Crippen molar-refractivity contribution in [3.63, 3.8) is 0 Å². The number of aromatic amines is 1. The Labute approximate surface area is 179 Å². The quantitative estimate of drug-likeness (QED) is 0.295. The maximum atomic E-state index is 9.75. The van der Waals surface area contributed by atoms with Gasteiger partial charge in [0.15, 0.2) is 0 Å². The van der Waals surface area contributed by atoms with Crippen molar-refractivity contribution in [3.05, 3.63) is 47.3 Å². The second-order valence-electron chi connectivity index (χ2n) is 6.06. The van der Waals surface area contributed by atoms with E-state index in [0.29, 0.717) is 39.1 Å². The van der Waals surface area contributed by atoms with Crippen LogP contribution in [0.25, 0.3) is 5.65 Å². The van der Waals surface area contributed by atoms with Gasteiger partial charge in [-0.25, -0.2) is 0 Å². The summed E-state index contributed by atoms with van der Waals surface area (Å²) in [6, 6.07) is 5.33. The van der Waals surface area contributed by atoms with E-state index in [9.17, 15) is 5.11 Å². The van der Waals surface area contributed by atoms with E-state index >= 15 is 0 Å². The molecular formula is C17H17BN6O4S2. The molecule has 0 fully saturated rings. The molecule has 10 nitrogen and oxygen atoms in total. The van der Waals surface area contributed by atoms with Crippen molar-refractivity contribution in [2.45, 2.75) is 11.0 Å². The maximum absolute atomic E-state index is 9.75. The molecule has 154 valence electrons. The molecule has 0 aliphatic carbocycles. The van der Waals surface area contributed by atoms with E-state index < -0.39 is 6.10 Å². The van der Waals surface area contributed by atoms with Gasteiger partial charge in [0.25, 0.3) is 0 Å². The summed E-state index contributed by atoms with van der Waals surface area (Å²) in [5.74, 6) is 1.84.